The second-order valence-corrected chi connectivity index (χ2v) is 6.91. The summed E-state index contributed by atoms with van der Waals surface area (Å²) in [4.78, 5) is 25.1. The van der Waals surface area contributed by atoms with Gasteiger partial charge in [0.1, 0.15) is 0 Å². The number of nitro benzene ring substituents is 1. The number of hydrogen-bond acceptors (Lipinski definition) is 4. The van der Waals surface area contributed by atoms with Crippen LogP contribution in [0.1, 0.15) is 18.4 Å². The Hall–Kier alpha value is -2.44. The van der Waals surface area contributed by atoms with Crippen molar-refractivity contribution in [2.24, 2.45) is 5.92 Å². The van der Waals surface area contributed by atoms with Gasteiger partial charge in [-0.05, 0) is 49.7 Å². The molecule has 0 aliphatic carbocycles. The van der Waals surface area contributed by atoms with E-state index in [0.717, 1.165) is 37.5 Å². The van der Waals surface area contributed by atoms with Gasteiger partial charge in [0.25, 0.3) is 5.69 Å². The number of benzene rings is 2. The van der Waals surface area contributed by atoms with Gasteiger partial charge in [0.2, 0.25) is 5.91 Å². The summed E-state index contributed by atoms with van der Waals surface area (Å²) in [6.45, 7) is 2.53. The minimum Gasteiger partial charge on any atom is -0.326 e. The molecule has 0 radical (unpaired) electrons. The first-order chi connectivity index (χ1) is 12.5. The fraction of sp³-hybridized carbons (Fsp3) is 0.316. The maximum absolute atomic E-state index is 12.4. The molecule has 26 heavy (non-hydrogen) atoms. The van der Waals surface area contributed by atoms with Crippen LogP contribution in [0.25, 0.3) is 0 Å². The Balaban J connectivity index is 1.51. The van der Waals surface area contributed by atoms with E-state index in [1.807, 2.05) is 24.3 Å². The standard InChI is InChI=1S/C19H20ClN3O3/c20-16-6-4-14(5-7-16)13-22-10-8-15(9-11-22)19(24)21-17-2-1-3-18(12-17)23(25)26/h1-7,12,15H,8-11,13H2,(H,21,24). The van der Waals surface area contributed by atoms with Crippen LogP contribution in [-0.2, 0) is 11.3 Å². The number of carbonyl (C=O) groups is 1. The van der Waals surface area contributed by atoms with Gasteiger partial charge in [-0.3, -0.25) is 19.8 Å². The van der Waals surface area contributed by atoms with Crippen LogP contribution in [0, 0.1) is 16.0 Å². The fourth-order valence-electron chi connectivity index (χ4n) is 3.14. The molecule has 0 bridgehead atoms. The molecule has 7 heteroatoms. The molecule has 3 rings (SSSR count). The molecule has 1 aliphatic rings. The molecule has 0 spiro atoms. The molecule has 1 amide bonds. The molecular weight excluding hydrogens is 354 g/mol. The zero-order valence-electron chi connectivity index (χ0n) is 14.2. The van der Waals surface area contributed by atoms with E-state index in [-0.39, 0.29) is 17.5 Å². The summed E-state index contributed by atoms with van der Waals surface area (Å²) in [5, 5.41) is 14.4. The van der Waals surface area contributed by atoms with E-state index in [9.17, 15) is 14.9 Å². The Morgan fingerprint density at radius 1 is 1.19 bits per heavy atom. The van der Waals surface area contributed by atoms with Gasteiger partial charge < -0.3 is 5.32 Å². The highest BCUT2D eigenvalue weighted by atomic mass is 35.5. The molecule has 0 atom stereocenters. The second kappa shape index (κ2) is 8.29. The number of likely N-dealkylation sites (tertiary alicyclic amines) is 1. The summed E-state index contributed by atoms with van der Waals surface area (Å²) in [6.07, 6.45) is 1.54. The van der Waals surface area contributed by atoms with Crippen LogP contribution in [0.2, 0.25) is 5.02 Å². The van der Waals surface area contributed by atoms with Gasteiger partial charge >= 0.3 is 0 Å². The van der Waals surface area contributed by atoms with E-state index in [0.29, 0.717) is 5.69 Å². The van der Waals surface area contributed by atoms with Crippen molar-refractivity contribution in [2.75, 3.05) is 18.4 Å². The zero-order valence-corrected chi connectivity index (χ0v) is 15.0. The molecule has 6 nitrogen and oxygen atoms in total. The highest BCUT2D eigenvalue weighted by Gasteiger charge is 2.25. The Morgan fingerprint density at radius 3 is 2.54 bits per heavy atom. The molecule has 1 N–H and O–H groups in total. The van der Waals surface area contributed by atoms with Crippen molar-refractivity contribution in [2.45, 2.75) is 19.4 Å². The summed E-state index contributed by atoms with van der Waals surface area (Å²) in [6, 6.07) is 13.8. The van der Waals surface area contributed by atoms with Crippen molar-refractivity contribution >= 4 is 28.9 Å². The van der Waals surface area contributed by atoms with Crippen molar-refractivity contribution in [3.63, 3.8) is 0 Å². The molecule has 1 heterocycles. The third kappa shape index (κ3) is 4.80. The topological polar surface area (TPSA) is 75.5 Å². The number of amides is 1. The fourth-order valence-corrected chi connectivity index (χ4v) is 3.27. The van der Waals surface area contributed by atoms with Crippen molar-refractivity contribution < 1.29 is 9.72 Å². The maximum atomic E-state index is 12.4. The van der Waals surface area contributed by atoms with E-state index in [1.54, 1.807) is 12.1 Å². The lowest BCUT2D eigenvalue weighted by Crippen LogP contribution is -2.37. The second-order valence-electron chi connectivity index (χ2n) is 6.47. The number of hydrogen-bond donors (Lipinski definition) is 1. The highest BCUT2D eigenvalue weighted by Crippen LogP contribution is 2.23. The van der Waals surface area contributed by atoms with Gasteiger partial charge in [0.15, 0.2) is 0 Å². The first-order valence-electron chi connectivity index (χ1n) is 8.53. The monoisotopic (exact) mass is 373 g/mol. The molecule has 2 aromatic carbocycles. The number of nitrogens with one attached hydrogen (secondary N) is 1. The van der Waals surface area contributed by atoms with Crippen LogP contribution in [-0.4, -0.2) is 28.8 Å². The van der Waals surface area contributed by atoms with Crippen molar-refractivity contribution in [1.29, 1.82) is 0 Å². The molecule has 136 valence electrons. The quantitative estimate of drug-likeness (QED) is 0.632. The minimum absolute atomic E-state index is 0.0272. The number of halogens is 1. The summed E-state index contributed by atoms with van der Waals surface area (Å²) in [7, 11) is 0. The number of anilines is 1. The number of carbonyl (C=O) groups excluding carboxylic acids is 1. The Labute approximate surface area is 156 Å². The molecule has 1 aliphatic heterocycles. The number of rotatable bonds is 5. The molecule has 0 unspecified atom stereocenters. The first kappa shape index (κ1) is 18.4. The van der Waals surface area contributed by atoms with Gasteiger partial charge in [-0.1, -0.05) is 29.8 Å². The first-order valence-corrected chi connectivity index (χ1v) is 8.91. The number of nitrogens with zero attached hydrogens (tertiary/aromatic N) is 2. The van der Waals surface area contributed by atoms with E-state index in [1.165, 1.54) is 17.7 Å². The van der Waals surface area contributed by atoms with Crippen LogP contribution in [0.4, 0.5) is 11.4 Å². The maximum Gasteiger partial charge on any atom is 0.271 e. The van der Waals surface area contributed by atoms with Gasteiger partial charge in [-0.25, -0.2) is 0 Å². The molecule has 0 saturated carbocycles. The lowest BCUT2D eigenvalue weighted by Gasteiger charge is -2.31. The summed E-state index contributed by atoms with van der Waals surface area (Å²) < 4.78 is 0. The molecule has 0 aromatic heterocycles. The highest BCUT2D eigenvalue weighted by molar-refractivity contribution is 6.30. The lowest BCUT2D eigenvalue weighted by atomic mass is 9.95. The van der Waals surface area contributed by atoms with Crippen LogP contribution in [0.5, 0.6) is 0 Å². The van der Waals surface area contributed by atoms with Crippen LogP contribution in [0.15, 0.2) is 48.5 Å². The Kier molecular flexibility index (Phi) is 5.85. The van der Waals surface area contributed by atoms with Crippen LogP contribution in [0.3, 0.4) is 0 Å². The van der Waals surface area contributed by atoms with E-state index in [2.05, 4.69) is 10.2 Å². The SMILES string of the molecule is O=C(Nc1cccc([N+](=O)[O-])c1)C1CCN(Cc2ccc(Cl)cc2)CC1. The van der Waals surface area contributed by atoms with Gasteiger partial charge in [0.05, 0.1) is 4.92 Å². The average molecular weight is 374 g/mol. The minimum atomic E-state index is -0.467. The van der Waals surface area contributed by atoms with Crippen molar-refractivity contribution in [1.82, 2.24) is 4.90 Å². The zero-order chi connectivity index (χ0) is 18.5. The number of piperidine rings is 1. The predicted octanol–water partition coefficient (Wildman–Crippen LogP) is 4.10. The van der Waals surface area contributed by atoms with E-state index in [4.69, 9.17) is 11.6 Å². The lowest BCUT2D eigenvalue weighted by molar-refractivity contribution is -0.384. The average Bonchev–Trinajstić information content (AvgIpc) is 2.64. The summed E-state index contributed by atoms with van der Waals surface area (Å²) in [5.74, 6) is -0.146. The summed E-state index contributed by atoms with van der Waals surface area (Å²) in [5.41, 5.74) is 1.64. The third-order valence-electron chi connectivity index (χ3n) is 4.60. The molecular formula is C19H20ClN3O3. The third-order valence-corrected chi connectivity index (χ3v) is 4.85. The van der Waals surface area contributed by atoms with Gasteiger partial charge in [0, 0.05) is 35.3 Å². The van der Waals surface area contributed by atoms with Gasteiger partial charge in [-0.15, -0.1) is 0 Å². The van der Waals surface area contributed by atoms with Crippen molar-refractivity contribution in [3.8, 4) is 0 Å². The van der Waals surface area contributed by atoms with E-state index >= 15 is 0 Å². The van der Waals surface area contributed by atoms with Crippen molar-refractivity contribution in [3.05, 3.63) is 69.2 Å². The number of nitro groups is 1. The largest absolute Gasteiger partial charge is 0.326 e. The van der Waals surface area contributed by atoms with E-state index < -0.39 is 4.92 Å². The smallest absolute Gasteiger partial charge is 0.271 e. The molecule has 1 saturated heterocycles. The molecule has 2 aromatic rings. The summed E-state index contributed by atoms with van der Waals surface area (Å²) >= 11 is 5.91. The number of non-ortho nitro benzene ring substituents is 1. The predicted molar refractivity (Wildman–Crippen MR) is 101 cm³/mol. The van der Waals surface area contributed by atoms with Gasteiger partial charge in [-0.2, -0.15) is 0 Å². The Bertz CT molecular complexity index is 787. The van der Waals surface area contributed by atoms with Crippen LogP contribution >= 0.6 is 11.6 Å². The normalized spacial score (nSPS) is 15.6. The Morgan fingerprint density at radius 2 is 1.88 bits per heavy atom. The molecule has 1 fully saturated rings. The van der Waals surface area contributed by atoms with Crippen LogP contribution < -0.4 is 5.32 Å².